The fourth-order valence-corrected chi connectivity index (χ4v) is 2.97. The number of sulfone groups is 1. The Balaban J connectivity index is 2.78. The van der Waals surface area contributed by atoms with Gasteiger partial charge in [0.1, 0.15) is 6.17 Å². The number of alkyl halides is 4. The van der Waals surface area contributed by atoms with Crippen molar-refractivity contribution in [2.45, 2.75) is 25.2 Å². The maximum absolute atomic E-state index is 12.8. The highest BCUT2D eigenvalue weighted by atomic mass is 32.2. The summed E-state index contributed by atoms with van der Waals surface area (Å²) in [6.45, 7) is 0. The summed E-state index contributed by atoms with van der Waals surface area (Å²) in [7, 11) is -3.64. The molecule has 84 valence electrons. The molecule has 1 rings (SSSR count). The van der Waals surface area contributed by atoms with E-state index in [1.807, 2.05) is 0 Å². The van der Waals surface area contributed by atoms with Crippen LogP contribution in [-0.2, 0) is 9.84 Å². The molecule has 0 aromatic rings. The van der Waals surface area contributed by atoms with Crippen molar-refractivity contribution >= 4 is 9.84 Å². The summed E-state index contributed by atoms with van der Waals surface area (Å²) in [5.41, 5.74) is 0. The Morgan fingerprint density at radius 2 is 1.79 bits per heavy atom. The van der Waals surface area contributed by atoms with Gasteiger partial charge in [-0.25, -0.2) is 12.8 Å². The van der Waals surface area contributed by atoms with Crippen LogP contribution in [0.25, 0.3) is 0 Å². The van der Waals surface area contributed by atoms with Crippen molar-refractivity contribution in [2.24, 2.45) is 5.92 Å². The van der Waals surface area contributed by atoms with Crippen molar-refractivity contribution in [1.29, 1.82) is 0 Å². The van der Waals surface area contributed by atoms with Gasteiger partial charge in [-0.2, -0.15) is 13.2 Å². The molecule has 0 aromatic carbocycles. The second kappa shape index (κ2) is 3.67. The quantitative estimate of drug-likeness (QED) is 0.598. The summed E-state index contributed by atoms with van der Waals surface area (Å²) < 4.78 is 71.3. The first-order valence-corrected chi connectivity index (χ1v) is 5.94. The number of hydrogen-bond donors (Lipinski definition) is 0. The normalized spacial score (nSPS) is 33.7. The molecule has 0 radical (unpaired) electrons. The molecule has 1 aliphatic heterocycles. The highest BCUT2D eigenvalue weighted by molar-refractivity contribution is 7.91. The fourth-order valence-electron chi connectivity index (χ4n) is 1.47. The largest absolute Gasteiger partial charge is 0.391 e. The third kappa shape index (κ3) is 3.11. The molecule has 0 amide bonds. The van der Waals surface area contributed by atoms with E-state index in [9.17, 15) is 26.0 Å². The van der Waals surface area contributed by atoms with Crippen molar-refractivity contribution in [1.82, 2.24) is 0 Å². The average Bonchev–Trinajstić information content (AvgIpc) is 2.05. The summed E-state index contributed by atoms with van der Waals surface area (Å²) in [6, 6.07) is 0. The van der Waals surface area contributed by atoms with Crippen LogP contribution in [0.1, 0.15) is 12.8 Å². The Labute approximate surface area is 79.2 Å². The van der Waals surface area contributed by atoms with Crippen LogP contribution in [0.4, 0.5) is 17.6 Å². The van der Waals surface area contributed by atoms with Crippen molar-refractivity contribution in [3.05, 3.63) is 0 Å². The van der Waals surface area contributed by atoms with Crippen LogP contribution in [0.2, 0.25) is 0 Å². The molecule has 0 spiro atoms. The molecule has 2 unspecified atom stereocenters. The molecule has 0 bridgehead atoms. The Kier molecular flexibility index (Phi) is 3.08. The molecular weight excluding hydrogens is 224 g/mol. The molecule has 0 aromatic heterocycles. The van der Waals surface area contributed by atoms with Crippen LogP contribution in [0.15, 0.2) is 0 Å². The summed E-state index contributed by atoms with van der Waals surface area (Å²) in [5.74, 6) is -3.17. The van der Waals surface area contributed by atoms with Crippen molar-refractivity contribution in [2.75, 3.05) is 11.5 Å². The number of rotatable bonds is 0. The second-order valence-corrected chi connectivity index (χ2v) is 5.70. The van der Waals surface area contributed by atoms with Crippen LogP contribution in [0.3, 0.4) is 0 Å². The van der Waals surface area contributed by atoms with Crippen LogP contribution in [0.5, 0.6) is 0 Å². The SMILES string of the molecule is O=S1(=O)CCC(C(F)(F)F)CC(F)C1. The summed E-state index contributed by atoms with van der Waals surface area (Å²) >= 11 is 0. The van der Waals surface area contributed by atoms with E-state index in [0.29, 0.717) is 0 Å². The van der Waals surface area contributed by atoms with Crippen molar-refractivity contribution in [3.63, 3.8) is 0 Å². The third-order valence-electron chi connectivity index (χ3n) is 2.22. The lowest BCUT2D eigenvalue weighted by Gasteiger charge is -2.17. The first-order chi connectivity index (χ1) is 6.21. The molecule has 0 saturated carbocycles. The molecule has 0 N–H and O–H groups in total. The van der Waals surface area contributed by atoms with E-state index in [2.05, 4.69) is 0 Å². The van der Waals surface area contributed by atoms with Gasteiger partial charge in [-0.3, -0.25) is 0 Å². The van der Waals surface area contributed by atoms with Crippen LogP contribution < -0.4 is 0 Å². The molecule has 1 saturated heterocycles. The van der Waals surface area contributed by atoms with Crippen molar-refractivity contribution < 1.29 is 26.0 Å². The Bertz CT molecular complexity index is 295. The zero-order chi connectivity index (χ0) is 11.0. The molecular formula is C7H10F4O2S. The van der Waals surface area contributed by atoms with Gasteiger partial charge in [0, 0.05) is 0 Å². The molecule has 1 heterocycles. The average molecular weight is 234 g/mol. The minimum absolute atomic E-state index is 0.522. The maximum atomic E-state index is 12.8. The number of halogens is 4. The van der Waals surface area contributed by atoms with Crippen LogP contribution in [0, 0.1) is 5.92 Å². The Morgan fingerprint density at radius 1 is 1.21 bits per heavy atom. The molecule has 7 heteroatoms. The smallest absolute Gasteiger partial charge is 0.246 e. The summed E-state index contributed by atoms with van der Waals surface area (Å²) in [5, 5.41) is 0. The van der Waals surface area contributed by atoms with E-state index < -0.39 is 52.5 Å². The summed E-state index contributed by atoms with van der Waals surface area (Å²) in [6.07, 6.45) is -7.65. The molecule has 14 heavy (non-hydrogen) atoms. The monoisotopic (exact) mass is 234 g/mol. The zero-order valence-corrected chi connectivity index (χ0v) is 8.04. The standard InChI is InChI=1S/C7H10F4O2S/c8-6-3-5(7(9,10)11)1-2-14(12,13)4-6/h5-6H,1-4H2. The maximum Gasteiger partial charge on any atom is 0.391 e. The molecule has 2 atom stereocenters. The van der Waals surface area contributed by atoms with Gasteiger partial charge in [0.2, 0.25) is 0 Å². The van der Waals surface area contributed by atoms with Gasteiger partial charge in [-0.05, 0) is 12.8 Å². The van der Waals surface area contributed by atoms with Gasteiger partial charge in [0.15, 0.2) is 9.84 Å². The second-order valence-electron chi connectivity index (χ2n) is 3.47. The van der Waals surface area contributed by atoms with Gasteiger partial charge >= 0.3 is 6.18 Å². The number of hydrogen-bond acceptors (Lipinski definition) is 2. The molecule has 1 aliphatic rings. The van der Waals surface area contributed by atoms with E-state index in [-0.39, 0.29) is 0 Å². The predicted octanol–water partition coefficient (Wildman–Crippen LogP) is 1.71. The van der Waals surface area contributed by atoms with Gasteiger partial charge in [-0.1, -0.05) is 0 Å². The van der Waals surface area contributed by atoms with E-state index in [4.69, 9.17) is 0 Å². The van der Waals surface area contributed by atoms with E-state index in [1.165, 1.54) is 0 Å². The lowest BCUT2D eigenvalue weighted by Crippen LogP contribution is -2.25. The van der Waals surface area contributed by atoms with E-state index in [1.54, 1.807) is 0 Å². The molecule has 2 nitrogen and oxygen atoms in total. The minimum atomic E-state index is -4.50. The minimum Gasteiger partial charge on any atom is -0.246 e. The third-order valence-corrected chi connectivity index (χ3v) is 3.94. The topological polar surface area (TPSA) is 34.1 Å². The molecule has 1 fully saturated rings. The Hall–Kier alpha value is -0.330. The van der Waals surface area contributed by atoms with Crippen LogP contribution >= 0.6 is 0 Å². The zero-order valence-electron chi connectivity index (χ0n) is 7.22. The first kappa shape index (κ1) is 11.7. The van der Waals surface area contributed by atoms with Crippen LogP contribution in [-0.4, -0.2) is 32.3 Å². The van der Waals surface area contributed by atoms with Gasteiger partial charge in [-0.15, -0.1) is 0 Å². The lowest BCUT2D eigenvalue weighted by molar-refractivity contribution is -0.179. The van der Waals surface area contributed by atoms with Gasteiger partial charge in [0.05, 0.1) is 17.4 Å². The molecule has 0 aliphatic carbocycles. The fraction of sp³-hybridized carbons (Fsp3) is 1.00. The van der Waals surface area contributed by atoms with E-state index in [0.717, 1.165) is 0 Å². The predicted molar refractivity (Wildman–Crippen MR) is 42.3 cm³/mol. The van der Waals surface area contributed by atoms with E-state index >= 15 is 0 Å². The van der Waals surface area contributed by atoms with Gasteiger partial charge < -0.3 is 0 Å². The highest BCUT2D eigenvalue weighted by Gasteiger charge is 2.43. The highest BCUT2D eigenvalue weighted by Crippen LogP contribution is 2.35. The van der Waals surface area contributed by atoms with Crippen molar-refractivity contribution in [3.8, 4) is 0 Å². The lowest BCUT2D eigenvalue weighted by atomic mass is 10.00. The Morgan fingerprint density at radius 3 is 2.29 bits per heavy atom. The summed E-state index contributed by atoms with van der Waals surface area (Å²) in [4.78, 5) is 0. The first-order valence-electron chi connectivity index (χ1n) is 4.12. The van der Waals surface area contributed by atoms with Gasteiger partial charge in [0.25, 0.3) is 0 Å².